The molecule has 0 fully saturated rings. The van der Waals surface area contributed by atoms with Crippen LogP contribution in [0, 0.1) is 0 Å². The van der Waals surface area contributed by atoms with Crippen molar-refractivity contribution in [3.05, 3.63) is 62.8 Å². The van der Waals surface area contributed by atoms with Crippen LogP contribution in [0.3, 0.4) is 0 Å². The maximum atomic E-state index is 11.7. The van der Waals surface area contributed by atoms with E-state index in [1.807, 2.05) is 23.1 Å². The lowest BCUT2D eigenvalue weighted by Crippen LogP contribution is -2.37. The van der Waals surface area contributed by atoms with Gasteiger partial charge in [-0.1, -0.05) is 18.2 Å². The first-order chi connectivity index (χ1) is 11.1. The zero-order valence-electron chi connectivity index (χ0n) is 13.2. The minimum Gasteiger partial charge on any atom is -0.497 e. The van der Waals surface area contributed by atoms with Crippen molar-refractivity contribution in [3.8, 4) is 5.75 Å². The number of nitrogens with one attached hydrogen (secondary N) is 1. The summed E-state index contributed by atoms with van der Waals surface area (Å²) in [5, 5.41) is 0. The molecule has 2 aromatic rings. The van der Waals surface area contributed by atoms with E-state index in [1.165, 1.54) is 18.7 Å². The van der Waals surface area contributed by atoms with Crippen molar-refractivity contribution >= 4 is 11.4 Å². The molecule has 0 aliphatic carbocycles. The highest BCUT2D eigenvalue weighted by Crippen LogP contribution is 2.26. The van der Waals surface area contributed by atoms with E-state index >= 15 is 0 Å². The summed E-state index contributed by atoms with van der Waals surface area (Å²) in [5.41, 5.74) is 1.69. The summed E-state index contributed by atoms with van der Waals surface area (Å²) in [5.74, 6) is 1.40. The van der Waals surface area contributed by atoms with Gasteiger partial charge in [0.15, 0.2) is 0 Å². The minimum absolute atomic E-state index is 0.300. The van der Waals surface area contributed by atoms with Crippen LogP contribution in [0.15, 0.2) is 46.0 Å². The largest absolute Gasteiger partial charge is 0.497 e. The van der Waals surface area contributed by atoms with Crippen molar-refractivity contribution in [2.45, 2.75) is 6.42 Å². The SMILES string of the molecule is COc1cccc(C2=CCN(c3cc(=O)n(C)c(=O)[nH]3)CC2)c1. The molecule has 0 unspecified atom stereocenters. The Balaban J connectivity index is 1.83. The van der Waals surface area contributed by atoms with Gasteiger partial charge in [0.25, 0.3) is 5.56 Å². The highest BCUT2D eigenvalue weighted by Gasteiger charge is 2.15. The average Bonchev–Trinajstić information content (AvgIpc) is 2.59. The van der Waals surface area contributed by atoms with Crippen LogP contribution in [0.25, 0.3) is 5.57 Å². The van der Waals surface area contributed by atoms with E-state index < -0.39 is 5.69 Å². The Morgan fingerprint density at radius 1 is 1.22 bits per heavy atom. The van der Waals surface area contributed by atoms with Gasteiger partial charge < -0.3 is 9.64 Å². The van der Waals surface area contributed by atoms with Crippen LogP contribution in [0.5, 0.6) is 5.75 Å². The van der Waals surface area contributed by atoms with E-state index in [0.29, 0.717) is 12.4 Å². The van der Waals surface area contributed by atoms with Gasteiger partial charge in [0.2, 0.25) is 0 Å². The molecule has 1 aliphatic heterocycles. The molecule has 6 heteroatoms. The van der Waals surface area contributed by atoms with Crippen LogP contribution in [0.2, 0.25) is 0 Å². The minimum atomic E-state index is -0.393. The number of methoxy groups -OCH3 is 1. The van der Waals surface area contributed by atoms with Crippen molar-refractivity contribution in [2.24, 2.45) is 7.05 Å². The lowest BCUT2D eigenvalue weighted by Gasteiger charge is -2.28. The molecule has 3 rings (SSSR count). The van der Waals surface area contributed by atoms with Crippen LogP contribution in [0.1, 0.15) is 12.0 Å². The zero-order chi connectivity index (χ0) is 16.4. The summed E-state index contributed by atoms with van der Waals surface area (Å²) in [7, 11) is 3.12. The second kappa shape index (κ2) is 6.16. The number of ether oxygens (including phenoxy) is 1. The van der Waals surface area contributed by atoms with Crippen molar-refractivity contribution < 1.29 is 4.74 Å². The molecule has 1 N–H and O–H groups in total. The fourth-order valence-corrected chi connectivity index (χ4v) is 2.69. The fourth-order valence-electron chi connectivity index (χ4n) is 2.69. The van der Waals surface area contributed by atoms with Gasteiger partial charge in [-0.2, -0.15) is 0 Å². The molecule has 0 bridgehead atoms. The van der Waals surface area contributed by atoms with Gasteiger partial charge in [-0.15, -0.1) is 0 Å². The number of benzene rings is 1. The summed E-state index contributed by atoms with van der Waals surface area (Å²) in [6, 6.07) is 9.43. The van der Waals surface area contributed by atoms with Crippen molar-refractivity contribution in [2.75, 3.05) is 25.1 Å². The van der Waals surface area contributed by atoms with Crippen LogP contribution < -0.4 is 20.9 Å². The monoisotopic (exact) mass is 313 g/mol. The number of rotatable bonds is 3. The third kappa shape index (κ3) is 3.06. The molecule has 1 aromatic carbocycles. The number of aromatic amines is 1. The Hall–Kier alpha value is -2.76. The van der Waals surface area contributed by atoms with Gasteiger partial charge in [0.05, 0.1) is 7.11 Å². The quantitative estimate of drug-likeness (QED) is 0.929. The highest BCUT2D eigenvalue weighted by atomic mass is 16.5. The normalized spacial score (nSPS) is 14.5. The lowest BCUT2D eigenvalue weighted by atomic mass is 9.99. The second-order valence-electron chi connectivity index (χ2n) is 5.51. The van der Waals surface area contributed by atoms with E-state index in [-0.39, 0.29) is 5.56 Å². The number of hydrogen-bond donors (Lipinski definition) is 1. The van der Waals surface area contributed by atoms with E-state index in [2.05, 4.69) is 17.1 Å². The van der Waals surface area contributed by atoms with E-state index in [9.17, 15) is 9.59 Å². The third-order valence-corrected chi connectivity index (χ3v) is 4.12. The molecule has 0 atom stereocenters. The molecular weight excluding hydrogens is 294 g/mol. The maximum absolute atomic E-state index is 11.7. The molecule has 1 aromatic heterocycles. The van der Waals surface area contributed by atoms with Gasteiger partial charge in [0, 0.05) is 26.2 Å². The second-order valence-corrected chi connectivity index (χ2v) is 5.51. The number of H-pyrrole nitrogens is 1. The molecular formula is C17H19N3O3. The van der Waals surface area contributed by atoms with Crippen LogP contribution >= 0.6 is 0 Å². The predicted molar refractivity (Wildman–Crippen MR) is 90.1 cm³/mol. The van der Waals surface area contributed by atoms with Gasteiger partial charge >= 0.3 is 5.69 Å². The highest BCUT2D eigenvalue weighted by molar-refractivity contribution is 5.69. The standard InChI is InChI=1S/C17H19N3O3/c1-19-16(21)11-15(18-17(19)22)20-8-6-12(7-9-20)13-4-3-5-14(10-13)23-2/h3-6,10-11H,7-9H2,1-2H3,(H,18,22). The summed E-state index contributed by atoms with van der Waals surface area (Å²) in [6.07, 6.45) is 2.96. The summed E-state index contributed by atoms with van der Waals surface area (Å²) < 4.78 is 6.32. The lowest BCUT2D eigenvalue weighted by molar-refractivity contribution is 0.414. The number of hydrogen-bond acceptors (Lipinski definition) is 4. The summed E-state index contributed by atoms with van der Waals surface area (Å²) in [6.45, 7) is 1.39. The number of aromatic nitrogens is 2. The molecule has 0 spiro atoms. The van der Waals surface area contributed by atoms with Gasteiger partial charge in [-0.3, -0.25) is 14.3 Å². The zero-order valence-corrected chi connectivity index (χ0v) is 13.2. The summed E-state index contributed by atoms with van der Waals surface area (Å²) in [4.78, 5) is 28.2. The van der Waals surface area contributed by atoms with E-state index in [0.717, 1.165) is 28.8 Å². The molecule has 0 saturated heterocycles. The summed E-state index contributed by atoms with van der Waals surface area (Å²) >= 11 is 0. The maximum Gasteiger partial charge on any atom is 0.329 e. The Morgan fingerprint density at radius 3 is 2.70 bits per heavy atom. The van der Waals surface area contributed by atoms with Gasteiger partial charge in [-0.25, -0.2) is 4.79 Å². The van der Waals surface area contributed by atoms with E-state index in [4.69, 9.17) is 4.74 Å². The number of anilines is 1. The first kappa shape index (κ1) is 15.1. The molecule has 0 amide bonds. The molecule has 23 heavy (non-hydrogen) atoms. The smallest absolute Gasteiger partial charge is 0.329 e. The Morgan fingerprint density at radius 2 is 2.04 bits per heavy atom. The van der Waals surface area contributed by atoms with Gasteiger partial charge in [-0.05, 0) is 29.7 Å². The average molecular weight is 313 g/mol. The Labute approximate surface area is 133 Å². The van der Waals surface area contributed by atoms with Crippen LogP contribution in [-0.4, -0.2) is 29.8 Å². The predicted octanol–water partition coefficient (Wildman–Crippen LogP) is 1.38. The van der Waals surface area contributed by atoms with Crippen molar-refractivity contribution in [3.63, 3.8) is 0 Å². The van der Waals surface area contributed by atoms with Crippen molar-refractivity contribution in [1.82, 2.24) is 9.55 Å². The fraction of sp³-hybridized carbons (Fsp3) is 0.294. The van der Waals surface area contributed by atoms with Crippen molar-refractivity contribution in [1.29, 1.82) is 0 Å². The first-order valence-corrected chi connectivity index (χ1v) is 7.47. The molecule has 0 saturated carbocycles. The first-order valence-electron chi connectivity index (χ1n) is 7.47. The third-order valence-electron chi connectivity index (χ3n) is 4.12. The van der Waals surface area contributed by atoms with E-state index in [1.54, 1.807) is 7.11 Å². The van der Waals surface area contributed by atoms with Crippen LogP contribution in [-0.2, 0) is 7.05 Å². The van der Waals surface area contributed by atoms with Gasteiger partial charge in [0.1, 0.15) is 11.6 Å². The number of nitrogens with zero attached hydrogens (tertiary/aromatic N) is 2. The Kier molecular flexibility index (Phi) is 4.06. The molecule has 1 aliphatic rings. The topological polar surface area (TPSA) is 67.3 Å². The molecule has 0 radical (unpaired) electrons. The molecule has 6 nitrogen and oxygen atoms in total. The molecule has 120 valence electrons. The molecule has 2 heterocycles. The van der Waals surface area contributed by atoms with Crippen LogP contribution in [0.4, 0.5) is 5.82 Å². The Bertz CT molecular complexity index is 833.